The van der Waals surface area contributed by atoms with Crippen molar-refractivity contribution in [1.82, 2.24) is 10.2 Å². The maximum absolute atomic E-state index is 12.5. The van der Waals surface area contributed by atoms with Crippen LogP contribution in [-0.2, 0) is 4.79 Å². The molecule has 3 atom stereocenters. The van der Waals surface area contributed by atoms with Crippen molar-refractivity contribution in [2.24, 2.45) is 11.8 Å². The van der Waals surface area contributed by atoms with Crippen LogP contribution in [0.2, 0.25) is 0 Å². The number of piperidine rings is 1. The summed E-state index contributed by atoms with van der Waals surface area (Å²) in [5.41, 5.74) is 2.08. The monoisotopic (exact) mass is 329 g/mol. The highest BCUT2D eigenvalue weighted by Crippen LogP contribution is 2.23. The minimum atomic E-state index is -0.112. The van der Waals surface area contributed by atoms with E-state index in [-0.39, 0.29) is 18.0 Å². The molecule has 1 aromatic carbocycles. The molecule has 5 heteroatoms. The molecule has 0 aromatic heterocycles. The summed E-state index contributed by atoms with van der Waals surface area (Å²) in [4.78, 5) is 28.5. The average molecular weight is 329 g/mol. The second kappa shape index (κ2) is 6.83. The van der Waals surface area contributed by atoms with Crippen molar-refractivity contribution in [3.63, 3.8) is 0 Å². The number of amides is 3. The van der Waals surface area contributed by atoms with Crippen molar-refractivity contribution in [1.29, 1.82) is 0 Å². The predicted molar refractivity (Wildman–Crippen MR) is 95.0 cm³/mol. The van der Waals surface area contributed by atoms with E-state index in [9.17, 15) is 9.59 Å². The van der Waals surface area contributed by atoms with E-state index >= 15 is 0 Å². The number of aryl methyl sites for hydroxylation is 1. The summed E-state index contributed by atoms with van der Waals surface area (Å²) >= 11 is 0. The van der Waals surface area contributed by atoms with Crippen LogP contribution in [0.3, 0.4) is 0 Å². The lowest BCUT2D eigenvalue weighted by Crippen LogP contribution is -2.50. The van der Waals surface area contributed by atoms with Crippen molar-refractivity contribution in [2.75, 3.05) is 24.5 Å². The predicted octanol–water partition coefficient (Wildman–Crippen LogP) is 2.79. The zero-order valence-corrected chi connectivity index (χ0v) is 14.8. The zero-order chi connectivity index (χ0) is 17.3. The smallest absolute Gasteiger partial charge is 0.317 e. The Labute approximate surface area is 144 Å². The van der Waals surface area contributed by atoms with Crippen molar-refractivity contribution < 1.29 is 9.59 Å². The van der Waals surface area contributed by atoms with Crippen LogP contribution in [0.25, 0.3) is 0 Å². The third-order valence-electron chi connectivity index (χ3n) is 4.95. The highest BCUT2D eigenvalue weighted by Gasteiger charge is 2.33. The molecule has 2 heterocycles. The average Bonchev–Trinajstić information content (AvgIpc) is 2.87. The van der Waals surface area contributed by atoms with Gasteiger partial charge in [0.25, 0.3) is 0 Å². The summed E-state index contributed by atoms with van der Waals surface area (Å²) < 4.78 is 0. The van der Waals surface area contributed by atoms with E-state index in [1.807, 2.05) is 36.1 Å². The van der Waals surface area contributed by atoms with Crippen LogP contribution in [0.1, 0.15) is 32.3 Å². The molecule has 2 saturated heterocycles. The summed E-state index contributed by atoms with van der Waals surface area (Å²) in [5.74, 6) is 1.15. The van der Waals surface area contributed by atoms with Crippen LogP contribution >= 0.6 is 0 Å². The normalized spacial score (nSPS) is 27.5. The summed E-state index contributed by atoms with van der Waals surface area (Å²) in [7, 11) is 0. The van der Waals surface area contributed by atoms with Gasteiger partial charge in [-0.15, -0.1) is 0 Å². The van der Waals surface area contributed by atoms with Gasteiger partial charge in [-0.1, -0.05) is 31.5 Å². The van der Waals surface area contributed by atoms with Crippen LogP contribution < -0.4 is 10.2 Å². The largest absolute Gasteiger partial charge is 0.333 e. The van der Waals surface area contributed by atoms with Gasteiger partial charge in [-0.2, -0.15) is 0 Å². The van der Waals surface area contributed by atoms with Gasteiger partial charge >= 0.3 is 6.03 Å². The highest BCUT2D eigenvalue weighted by molar-refractivity contribution is 5.96. The lowest BCUT2D eigenvalue weighted by atomic mass is 9.92. The molecule has 2 aliphatic heterocycles. The SMILES string of the molecule is Cc1ccc(N2C[C@H](NC(=O)N3C[C@@H](C)C[C@H](C)C3)CC2=O)cc1. The maximum Gasteiger partial charge on any atom is 0.317 e. The molecule has 24 heavy (non-hydrogen) atoms. The van der Waals surface area contributed by atoms with E-state index < -0.39 is 0 Å². The molecule has 2 aliphatic rings. The number of anilines is 1. The zero-order valence-electron chi connectivity index (χ0n) is 14.8. The van der Waals surface area contributed by atoms with Crippen molar-refractivity contribution in [3.8, 4) is 0 Å². The number of urea groups is 1. The Bertz CT molecular complexity index is 604. The second-order valence-corrected chi connectivity index (χ2v) is 7.54. The Balaban J connectivity index is 1.59. The molecule has 0 unspecified atom stereocenters. The van der Waals surface area contributed by atoms with Crippen LogP contribution in [-0.4, -0.2) is 42.5 Å². The number of carbonyl (C=O) groups excluding carboxylic acids is 2. The molecule has 0 spiro atoms. The van der Waals surface area contributed by atoms with E-state index in [1.165, 1.54) is 12.0 Å². The molecule has 0 bridgehead atoms. The minimum absolute atomic E-state index is 0.0306. The number of carbonyl (C=O) groups is 2. The second-order valence-electron chi connectivity index (χ2n) is 7.54. The van der Waals surface area contributed by atoms with E-state index in [0.29, 0.717) is 24.8 Å². The summed E-state index contributed by atoms with van der Waals surface area (Å²) in [6.45, 7) is 8.56. The fraction of sp³-hybridized carbons (Fsp3) is 0.579. The number of benzene rings is 1. The van der Waals surface area contributed by atoms with Gasteiger partial charge in [0.05, 0.1) is 6.04 Å². The topological polar surface area (TPSA) is 52.7 Å². The molecule has 3 rings (SSSR count). The first-order valence-corrected chi connectivity index (χ1v) is 8.85. The third kappa shape index (κ3) is 3.71. The van der Waals surface area contributed by atoms with Crippen LogP contribution in [0.5, 0.6) is 0 Å². The van der Waals surface area contributed by atoms with Crippen LogP contribution in [0.4, 0.5) is 10.5 Å². The molecule has 2 fully saturated rings. The molecule has 1 N–H and O–H groups in total. The first-order valence-electron chi connectivity index (χ1n) is 8.85. The Morgan fingerprint density at radius 1 is 1.08 bits per heavy atom. The molecular formula is C19H27N3O2. The van der Waals surface area contributed by atoms with E-state index in [0.717, 1.165) is 18.8 Å². The van der Waals surface area contributed by atoms with E-state index in [4.69, 9.17) is 0 Å². The van der Waals surface area contributed by atoms with Crippen LogP contribution in [0, 0.1) is 18.8 Å². The Morgan fingerprint density at radius 2 is 1.71 bits per heavy atom. The van der Waals surface area contributed by atoms with Gasteiger partial charge in [-0.05, 0) is 37.3 Å². The lowest BCUT2D eigenvalue weighted by molar-refractivity contribution is -0.117. The van der Waals surface area contributed by atoms with Gasteiger partial charge in [0, 0.05) is 31.7 Å². The van der Waals surface area contributed by atoms with Gasteiger partial charge in [-0.3, -0.25) is 4.79 Å². The van der Waals surface area contributed by atoms with Gasteiger partial charge in [0.15, 0.2) is 0 Å². The first kappa shape index (κ1) is 16.8. The number of nitrogens with one attached hydrogen (secondary N) is 1. The minimum Gasteiger partial charge on any atom is -0.333 e. The number of hydrogen-bond donors (Lipinski definition) is 1. The Kier molecular flexibility index (Phi) is 4.78. The molecule has 5 nitrogen and oxygen atoms in total. The van der Waals surface area contributed by atoms with E-state index in [1.54, 1.807) is 4.90 Å². The first-order chi connectivity index (χ1) is 11.4. The summed E-state index contributed by atoms with van der Waals surface area (Å²) in [6, 6.07) is 7.79. The van der Waals surface area contributed by atoms with Crippen LogP contribution in [0.15, 0.2) is 24.3 Å². The quantitative estimate of drug-likeness (QED) is 0.907. The van der Waals surface area contributed by atoms with E-state index in [2.05, 4.69) is 19.2 Å². The molecule has 130 valence electrons. The Morgan fingerprint density at radius 3 is 2.33 bits per heavy atom. The number of nitrogens with zero attached hydrogens (tertiary/aromatic N) is 2. The maximum atomic E-state index is 12.5. The van der Waals surface area contributed by atoms with Gasteiger partial charge in [0.1, 0.15) is 0 Å². The summed E-state index contributed by atoms with van der Waals surface area (Å²) in [5, 5.41) is 3.06. The third-order valence-corrected chi connectivity index (χ3v) is 4.95. The molecule has 1 aromatic rings. The molecular weight excluding hydrogens is 302 g/mol. The molecule has 0 saturated carbocycles. The fourth-order valence-electron chi connectivity index (χ4n) is 3.87. The lowest BCUT2D eigenvalue weighted by Gasteiger charge is -2.35. The van der Waals surface area contributed by atoms with Gasteiger partial charge < -0.3 is 15.1 Å². The summed E-state index contributed by atoms with van der Waals surface area (Å²) in [6.07, 6.45) is 1.55. The fourth-order valence-corrected chi connectivity index (χ4v) is 3.87. The number of hydrogen-bond acceptors (Lipinski definition) is 2. The molecule has 3 amide bonds. The number of rotatable bonds is 2. The number of likely N-dealkylation sites (tertiary alicyclic amines) is 1. The van der Waals surface area contributed by atoms with Crippen molar-refractivity contribution in [2.45, 2.75) is 39.7 Å². The van der Waals surface area contributed by atoms with Gasteiger partial charge in [-0.25, -0.2) is 4.79 Å². The molecule has 0 radical (unpaired) electrons. The van der Waals surface area contributed by atoms with Crippen molar-refractivity contribution >= 4 is 17.6 Å². The van der Waals surface area contributed by atoms with Crippen molar-refractivity contribution in [3.05, 3.63) is 29.8 Å². The molecule has 0 aliphatic carbocycles. The standard InChI is InChI=1S/C19H27N3O2/c1-13-4-6-17(7-5-13)22-12-16(9-18(22)23)20-19(24)21-10-14(2)8-15(3)11-21/h4-7,14-16H,8-12H2,1-3H3,(H,20,24)/t14-,15-,16+/m0/s1. The van der Waals surface area contributed by atoms with Gasteiger partial charge in [0.2, 0.25) is 5.91 Å². The Hall–Kier alpha value is -2.04. The highest BCUT2D eigenvalue weighted by atomic mass is 16.2.